The molecule has 0 saturated carbocycles. The van der Waals surface area contributed by atoms with E-state index in [1.165, 1.54) is 43.0 Å². The summed E-state index contributed by atoms with van der Waals surface area (Å²) < 4.78 is 13.6. The van der Waals surface area contributed by atoms with Crippen molar-refractivity contribution in [3.8, 4) is 5.75 Å². The van der Waals surface area contributed by atoms with E-state index in [1.54, 1.807) is 0 Å². The molecule has 1 atom stereocenters. The summed E-state index contributed by atoms with van der Waals surface area (Å²) in [5.41, 5.74) is 2.43. The first kappa shape index (κ1) is 29.7. The lowest BCUT2D eigenvalue weighted by atomic mass is 9.91. The second-order valence-electron chi connectivity index (χ2n) is 11.6. The third kappa shape index (κ3) is 6.41. The quantitative estimate of drug-likeness (QED) is 0.177. The maximum absolute atomic E-state index is 6.81. The lowest BCUT2D eigenvalue weighted by Crippen LogP contribution is -2.26. The molecule has 4 heteroatoms. The largest absolute Gasteiger partial charge is 0.493 e. The van der Waals surface area contributed by atoms with Gasteiger partial charge >= 0.3 is 0 Å². The van der Waals surface area contributed by atoms with Gasteiger partial charge in [-0.2, -0.15) is 0 Å². The molecule has 45 heavy (non-hydrogen) atoms. The average molecular weight is 625 g/mol. The smallest absolute Gasteiger partial charge is 0.127 e. The molecule has 0 fully saturated rings. The monoisotopic (exact) mass is 624 g/mol. The summed E-state index contributed by atoms with van der Waals surface area (Å²) in [5.74, 6) is 2.33. The number of benzene rings is 5. The number of fused-ring (bicyclic) bond motifs is 3. The van der Waals surface area contributed by atoms with E-state index in [2.05, 4.69) is 153 Å². The van der Waals surface area contributed by atoms with Crippen molar-refractivity contribution in [2.24, 2.45) is 5.92 Å². The van der Waals surface area contributed by atoms with Gasteiger partial charge in [-0.3, -0.25) is 0 Å². The number of allylic oxidation sites excluding steroid dienone is 3. The van der Waals surface area contributed by atoms with Gasteiger partial charge in [-0.15, -0.1) is 0 Å². The van der Waals surface area contributed by atoms with Gasteiger partial charge < -0.3 is 9.47 Å². The Morgan fingerprint density at radius 1 is 0.533 bits per heavy atom. The van der Waals surface area contributed by atoms with Crippen LogP contribution in [-0.4, -0.2) is 13.2 Å². The summed E-state index contributed by atoms with van der Waals surface area (Å²) >= 11 is 0. The van der Waals surface area contributed by atoms with Gasteiger partial charge in [0.05, 0.1) is 13.2 Å². The van der Waals surface area contributed by atoms with Crippen molar-refractivity contribution in [3.05, 3.63) is 162 Å². The van der Waals surface area contributed by atoms with Crippen molar-refractivity contribution in [2.75, 3.05) is 13.2 Å². The van der Waals surface area contributed by atoms with E-state index in [4.69, 9.17) is 9.47 Å². The summed E-state index contributed by atoms with van der Waals surface area (Å²) in [6.45, 7) is 3.70. The fourth-order valence-electron chi connectivity index (χ4n) is 6.38. The van der Waals surface area contributed by atoms with Gasteiger partial charge in [0.2, 0.25) is 0 Å². The predicted octanol–water partition coefficient (Wildman–Crippen LogP) is 8.40. The zero-order valence-electron chi connectivity index (χ0n) is 25.7. The van der Waals surface area contributed by atoms with E-state index in [0.29, 0.717) is 19.1 Å². The van der Waals surface area contributed by atoms with E-state index in [1.807, 2.05) is 0 Å². The number of hydrogen-bond acceptors (Lipinski definition) is 2. The van der Waals surface area contributed by atoms with Gasteiger partial charge in [0.15, 0.2) is 0 Å². The van der Waals surface area contributed by atoms with Crippen molar-refractivity contribution >= 4 is 47.9 Å². The normalized spacial score (nSPS) is 16.7. The maximum Gasteiger partial charge on any atom is 0.127 e. The molecule has 1 heterocycles. The molecule has 1 unspecified atom stereocenters. The maximum atomic E-state index is 6.81. The molecule has 5 aromatic rings. The van der Waals surface area contributed by atoms with Gasteiger partial charge in [0, 0.05) is 11.1 Å². The molecule has 0 radical (unpaired) electrons. The third-order valence-electron chi connectivity index (χ3n) is 8.36. The van der Waals surface area contributed by atoms with Crippen molar-refractivity contribution in [1.29, 1.82) is 0 Å². The zero-order chi connectivity index (χ0) is 30.4. The minimum atomic E-state index is -0.876. The highest BCUT2D eigenvalue weighted by atomic mass is 31.1. The Morgan fingerprint density at radius 3 is 1.56 bits per heavy atom. The summed E-state index contributed by atoms with van der Waals surface area (Å²) in [6.07, 6.45) is 5.28. The Labute approximate surface area is 270 Å². The topological polar surface area (TPSA) is 18.5 Å². The highest BCUT2D eigenvalue weighted by Crippen LogP contribution is 2.55. The lowest BCUT2D eigenvalue weighted by molar-refractivity contribution is 0.202. The van der Waals surface area contributed by atoms with Crippen LogP contribution in [0.2, 0.25) is 0 Å². The molecule has 0 spiro atoms. The highest BCUT2D eigenvalue weighted by Gasteiger charge is 2.34. The summed E-state index contributed by atoms with van der Waals surface area (Å²) in [5, 5.41) is 8.15. The lowest BCUT2D eigenvalue weighted by Gasteiger charge is -2.34. The van der Waals surface area contributed by atoms with Gasteiger partial charge in [0.1, 0.15) is 11.5 Å². The molecule has 1 aliphatic carbocycles. The molecule has 7 rings (SSSR count). The second kappa shape index (κ2) is 14.0. The van der Waals surface area contributed by atoms with Crippen LogP contribution in [0.25, 0.3) is 5.57 Å². The van der Waals surface area contributed by atoms with Crippen LogP contribution in [-0.2, 0) is 4.74 Å². The molecule has 0 bridgehead atoms. The van der Waals surface area contributed by atoms with Gasteiger partial charge in [-0.25, -0.2) is 0 Å². The molecule has 2 nitrogen and oxygen atoms in total. The summed E-state index contributed by atoms with van der Waals surface area (Å²) in [6, 6.07) is 50.9. The molecule has 224 valence electrons. The van der Waals surface area contributed by atoms with Crippen LogP contribution in [0.1, 0.15) is 31.7 Å². The van der Waals surface area contributed by atoms with Gasteiger partial charge in [-0.1, -0.05) is 140 Å². The first-order valence-electron chi connectivity index (χ1n) is 15.9. The van der Waals surface area contributed by atoms with Crippen molar-refractivity contribution in [3.63, 3.8) is 0 Å². The summed E-state index contributed by atoms with van der Waals surface area (Å²) in [4.78, 5) is 0. The van der Waals surface area contributed by atoms with E-state index >= 15 is 0 Å². The Hall–Kier alpha value is -3.96. The standard InChI is InChI=1S/C41H38O2P2/c1-31-29-37-41(39(30-31)45(34-21-10-4-11-22-34)35-23-12-5-13-24-35)40-36(42-27-14-15-28-43-37)25-16-26-38(40)44(32-17-6-2-7-18-32)33-19-8-3-9-20-33/h2-13,16-26,29,31H,14-15,27-28,30H2,1H3. The van der Waals surface area contributed by atoms with Crippen LogP contribution >= 0.6 is 15.8 Å². The molecular formula is C41H38O2P2. The Balaban J connectivity index is 1.56. The zero-order valence-corrected chi connectivity index (χ0v) is 27.5. The van der Waals surface area contributed by atoms with Crippen LogP contribution in [0, 0.1) is 5.92 Å². The Bertz CT molecular complexity index is 1700. The molecule has 0 amide bonds. The molecule has 5 aromatic carbocycles. The molecular weight excluding hydrogens is 586 g/mol. The Morgan fingerprint density at radius 2 is 1.02 bits per heavy atom. The molecule has 1 aliphatic heterocycles. The number of ether oxygens (including phenoxy) is 2. The minimum Gasteiger partial charge on any atom is -0.493 e. The minimum absolute atomic E-state index is 0.361. The molecule has 2 aliphatic rings. The molecule has 0 aromatic heterocycles. The SMILES string of the molecule is CC1C=C2OCCCCOc3cccc(P(c4ccccc4)c4ccccc4)c3C2=C(P(c2ccccc2)c2ccccc2)C1. The van der Waals surface area contributed by atoms with E-state index in [-0.39, 0.29) is 0 Å². The van der Waals surface area contributed by atoms with E-state index in [9.17, 15) is 0 Å². The average Bonchev–Trinajstić information content (AvgIpc) is 3.09. The molecule has 0 N–H and O–H groups in total. The van der Waals surface area contributed by atoms with Crippen LogP contribution in [0.15, 0.2) is 157 Å². The van der Waals surface area contributed by atoms with Crippen molar-refractivity contribution in [1.82, 2.24) is 0 Å². The summed E-state index contributed by atoms with van der Waals surface area (Å²) in [7, 11) is -1.71. The molecule has 0 saturated heterocycles. The first-order valence-corrected chi connectivity index (χ1v) is 18.6. The van der Waals surface area contributed by atoms with Crippen LogP contribution in [0.5, 0.6) is 5.75 Å². The van der Waals surface area contributed by atoms with Crippen molar-refractivity contribution in [2.45, 2.75) is 26.2 Å². The van der Waals surface area contributed by atoms with Crippen LogP contribution < -0.4 is 31.3 Å². The Kier molecular flexibility index (Phi) is 9.25. The second-order valence-corrected chi connectivity index (χ2v) is 16.0. The van der Waals surface area contributed by atoms with Gasteiger partial charge in [-0.05, 0) is 85.0 Å². The third-order valence-corrected chi connectivity index (χ3v) is 13.4. The van der Waals surface area contributed by atoms with E-state index < -0.39 is 15.8 Å². The fraction of sp³-hybridized carbons (Fsp3) is 0.171. The van der Waals surface area contributed by atoms with Crippen molar-refractivity contribution < 1.29 is 9.47 Å². The predicted molar refractivity (Wildman–Crippen MR) is 194 cm³/mol. The van der Waals surface area contributed by atoms with E-state index in [0.717, 1.165) is 30.8 Å². The number of rotatable bonds is 6. The van der Waals surface area contributed by atoms with Crippen LogP contribution in [0.4, 0.5) is 0 Å². The van der Waals surface area contributed by atoms with Crippen LogP contribution in [0.3, 0.4) is 0 Å². The van der Waals surface area contributed by atoms with Gasteiger partial charge in [0.25, 0.3) is 0 Å². The first-order chi connectivity index (χ1) is 22.3. The number of hydrogen-bond donors (Lipinski definition) is 0. The highest BCUT2D eigenvalue weighted by molar-refractivity contribution is 7.80. The fourth-order valence-corrected chi connectivity index (χ4v) is 11.6.